The van der Waals surface area contributed by atoms with Crippen molar-refractivity contribution in [3.8, 4) is 5.69 Å². The first kappa shape index (κ1) is 9.12. The molecule has 1 aromatic heterocycles. The molecule has 0 bridgehead atoms. The van der Waals surface area contributed by atoms with Gasteiger partial charge in [0.25, 0.3) is 0 Å². The van der Waals surface area contributed by atoms with Crippen LogP contribution in [0.3, 0.4) is 0 Å². The lowest BCUT2D eigenvalue weighted by Crippen LogP contribution is -2.07. The van der Waals surface area contributed by atoms with E-state index in [9.17, 15) is 0 Å². The molecule has 15 heavy (non-hydrogen) atoms. The molecule has 2 heterocycles. The van der Waals surface area contributed by atoms with Crippen LogP contribution in [0.4, 0.5) is 0 Å². The quantitative estimate of drug-likeness (QED) is 0.856. The molecule has 0 saturated carbocycles. The number of hydrogen-bond donors (Lipinski definition) is 1. The van der Waals surface area contributed by atoms with Gasteiger partial charge in [-0.15, -0.1) is 0 Å². The van der Waals surface area contributed by atoms with E-state index in [1.165, 1.54) is 11.3 Å². The third kappa shape index (κ3) is 1.50. The Balaban J connectivity index is 2.09. The molecule has 0 saturated heterocycles. The van der Waals surface area contributed by atoms with Gasteiger partial charge in [-0.3, -0.25) is 0 Å². The molecule has 3 rings (SSSR count). The maximum atomic E-state index is 4.40. The second-order valence-electron chi connectivity index (χ2n) is 3.61. The molecular weight excluding hydrogens is 254 g/mol. The molecule has 0 aliphatic carbocycles. The van der Waals surface area contributed by atoms with Crippen LogP contribution in [0.15, 0.2) is 34.9 Å². The maximum absolute atomic E-state index is 4.40. The Kier molecular flexibility index (Phi) is 2.11. The molecule has 0 amide bonds. The van der Waals surface area contributed by atoms with Crippen molar-refractivity contribution in [2.45, 2.75) is 13.1 Å². The Labute approximate surface area is 96.2 Å². The van der Waals surface area contributed by atoms with Gasteiger partial charge in [0.2, 0.25) is 0 Å². The third-order valence-corrected chi connectivity index (χ3v) is 3.16. The van der Waals surface area contributed by atoms with E-state index in [1.807, 2.05) is 23.0 Å². The molecule has 0 fully saturated rings. The van der Waals surface area contributed by atoms with Crippen LogP contribution in [0.2, 0.25) is 0 Å². The molecule has 1 aromatic carbocycles. The Bertz CT molecular complexity index is 487. The fraction of sp³-hybridized carbons (Fsp3) is 0.182. The van der Waals surface area contributed by atoms with Crippen LogP contribution in [0, 0.1) is 0 Å². The van der Waals surface area contributed by atoms with Gasteiger partial charge in [0.15, 0.2) is 0 Å². The molecular formula is C11H10BrN3. The predicted octanol–water partition coefficient (Wildman–Crippen LogP) is 2.24. The monoisotopic (exact) mass is 263 g/mol. The number of aromatic nitrogens is 2. The van der Waals surface area contributed by atoms with Gasteiger partial charge in [-0.2, -0.15) is 5.10 Å². The highest BCUT2D eigenvalue weighted by Gasteiger charge is 2.16. The average Bonchev–Trinajstić information content (AvgIpc) is 2.80. The van der Waals surface area contributed by atoms with Crippen LogP contribution in [0.5, 0.6) is 0 Å². The van der Waals surface area contributed by atoms with E-state index in [0.29, 0.717) is 0 Å². The average molecular weight is 264 g/mol. The molecule has 0 atom stereocenters. The van der Waals surface area contributed by atoms with Crippen molar-refractivity contribution in [2.75, 3.05) is 0 Å². The van der Waals surface area contributed by atoms with Gasteiger partial charge in [0.1, 0.15) is 0 Å². The minimum atomic E-state index is 0.908. The topological polar surface area (TPSA) is 29.9 Å². The number of rotatable bonds is 1. The van der Waals surface area contributed by atoms with E-state index in [0.717, 1.165) is 23.2 Å². The minimum Gasteiger partial charge on any atom is -0.307 e. The van der Waals surface area contributed by atoms with Crippen LogP contribution < -0.4 is 5.32 Å². The molecule has 1 aliphatic rings. The summed E-state index contributed by atoms with van der Waals surface area (Å²) in [5.74, 6) is 0. The fourth-order valence-electron chi connectivity index (χ4n) is 1.86. The van der Waals surface area contributed by atoms with E-state index < -0.39 is 0 Å². The summed E-state index contributed by atoms with van der Waals surface area (Å²) < 4.78 is 3.09. The molecule has 2 aromatic rings. The van der Waals surface area contributed by atoms with Crippen LogP contribution >= 0.6 is 15.9 Å². The summed E-state index contributed by atoms with van der Waals surface area (Å²) in [4.78, 5) is 0. The summed E-state index contributed by atoms with van der Waals surface area (Å²) >= 11 is 3.43. The van der Waals surface area contributed by atoms with E-state index in [-0.39, 0.29) is 0 Å². The zero-order chi connectivity index (χ0) is 10.3. The number of nitrogens with one attached hydrogen (secondary N) is 1. The van der Waals surface area contributed by atoms with Crippen LogP contribution in [-0.4, -0.2) is 9.78 Å². The van der Waals surface area contributed by atoms with Crippen molar-refractivity contribution in [3.05, 3.63) is 46.2 Å². The lowest BCUT2D eigenvalue weighted by Gasteiger charge is -2.05. The van der Waals surface area contributed by atoms with E-state index in [4.69, 9.17) is 0 Å². The Morgan fingerprint density at radius 1 is 1.20 bits per heavy atom. The van der Waals surface area contributed by atoms with Crippen LogP contribution in [0.25, 0.3) is 5.69 Å². The third-order valence-electron chi connectivity index (χ3n) is 2.63. The lowest BCUT2D eigenvalue weighted by molar-refractivity contribution is 0.711. The Hall–Kier alpha value is -1.13. The van der Waals surface area contributed by atoms with E-state index in [1.54, 1.807) is 0 Å². The summed E-state index contributed by atoms with van der Waals surface area (Å²) in [5.41, 5.74) is 3.69. The van der Waals surface area contributed by atoms with Crippen molar-refractivity contribution < 1.29 is 0 Å². The minimum absolute atomic E-state index is 0.908. The highest BCUT2D eigenvalue weighted by atomic mass is 79.9. The van der Waals surface area contributed by atoms with Crippen molar-refractivity contribution in [1.29, 1.82) is 0 Å². The number of halogens is 1. The summed E-state index contributed by atoms with van der Waals surface area (Å²) in [5, 5.41) is 7.72. The second kappa shape index (κ2) is 3.47. The second-order valence-corrected chi connectivity index (χ2v) is 4.52. The van der Waals surface area contributed by atoms with E-state index in [2.05, 4.69) is 38.5 Å². The fourth-order valence-corrected chi connectivity index (χ4v) is 2.13. The Morgan fingerprint density at radius 2 is 2.00 bits per heavy atom. The molecule has 0 unspecified atom stereocenters. The van der Waals surface area contributed by atoms with Gasteiger partial charge in [-0.25, -0.2) is 4.68 Å². The molecule has 1 N–H and O–H groups in total. The molecule has 0 spiro atoms. The SMILES string of the molecule is Brc1ccc(-n2ncc3c2CNC3)cc1. The zero-order valence-corrected chi connectivity index (χ0v) is 9.66. The Morgan fingerprint density at radius 3 is 2.80 bits per heavy atom. The normalized spacial score (nSPS) is 14.2. The van der Waals surface area contributed by atoms with Crippen molar-refractivity contribution in [1.82, 2.24) is 15.1 Å². The smallest absolute Gasteiger partial charge is 0.0650 e. The molecule has 4 heteroatoms. The van der Waals surface area contributed by atoms with Gasteiger partial charge in [0, 0.05) is 23.1 Å². The van der Waals surface area contributed by atoms with Gasteiger partial charge in [0.05, 0.1) is 17.6 Å². The van der Waals surface area contributed by atoms with E-state index >= 15 is 0 Å². The van der Waals surface area contributed by atoms with Crippen LogP contribution in [0.1, 0.15) is 11.3 Å². The summed E-state index contributed by atoms with van der Waals surface area (Å²) in [6.45, 7) is 1.84. The van der Waals surface area contributed by atoms with Crippen LogP contribution in [-0.2, 0) is 13.1 Å². The first-order valence-corrected chi connectivity index (χ1v) is 5.66. The van der Waals surface area contributed by atoms with Crippen molar-refractivity contribution >= 4 is 15.9 Å². The largest absolute Gasteiger partial charge is 0.307 e. The number of benzene rings is 1. The van der Waals surface area contributed by atoms with Gasteiger partial charge >= 0.3 is 0 Å². The van der Waals surface area contributed by atoms with Crippen molar-refractivity contribution in [2.24, 2.45) is 0 Å². The van der Waals surface area contributed by atoms with Crippen molar-refractivity contribution in [3.63, 3.8) is 0 Å². The molecule has 0 radical (unpaired) electrons. The first-order valence-electron chi connectivity index (χ1n) is 4.87. The number of hydrogen-bond acceptors (Lipinski definition) is 2. The van der Waals surface area contributed by atoms with Gasteiger partial charge in [-0.1, -0.05) is 15.9 Å². The molecule has 3 nitrogen and oxygen atoms in total. The lowest BCUT2D eigenvalue weighted by atomic mass is 10.3. The maximum Gasteiger partial charge on any atom is 0.0650 e. The first-order chi connectivity index (χ1) is 7.34. The standard InChI is InChI=1S/C11H10BrN3/c12-9-1-3-10(4-2-9)15-11-7-13-5-8(11)6-14-15/h1-4,6,13H,5,7H2. The van der Waals surface area contributed by atoms with Gasteiger partial charge in [-0.05, 0) is 24.3 Å². The summed E-state index contributed by atoms with van der Waals surface area (Å²) in [6, 6.07) is 8.20. The predicted molar refractivity (Wildman–Crippen MR) is 61.8 cm³/mol. The zero-order valence-electron chi connectivity index (χ0n) is 8.07. The number of fused-ring (bicyclic) bond motifs is 1. The number of nitrogens with zero attached hydrogens (tertiary/aromatic N) is 2. The summed E-state index contributed by atoms with van der Waals surface area (Å²) in [7, 11) is 0. The molecule has 76 valence electrons. The van der Waals surface area contributed by atoms with Gasteiger partial charge < -0.3 is 5.32 Å². The molecule has 1 aliphatic heterocycles. The highest BCUT2D eigenvalue weighted by Crippen LogP contribution is 2.20. The summed E-state index contributed by atoms with van der Waals surface area (Å²) in [6.07, 6.45) is 1.94. The highest BCUT2D eigenvalue weighted by molar-refractivity contribution is 9.10.